The third-order valence-corrected chi connectivity index (χ3v) is 4.96. The zero-order valence-corrected chi connectivity index (χ0v) is 10.4. The summed E-state index contributed by atoms with van der Waals surface area (Å²) in [6.07, 6.45) is 0.154. The van der Waals surface area contributed by atoms with Gasteiger partial charge < -0.3 is 5.11 Å². The molecule has 0 aliphatic carbocycles. The molecule has 0 saturated heterocycles. The van der Waals surface area contributed by atoms with Crippen molar-refractivity contribution in [3.8, 4) is 0 Å². The number of hydrogen-bond acceptors (Lipinski definition) is 4. The molecule has 0 amide bonds. The van der Waals surface area contributed by atoms with Crippen molar-refractivity contribution in [3.63, 3.8) is 0 Å². The number of aliphatic hydroxyl groups excluding tert-OH is 1. The summed E-state index contributed by atoms with van der Waals surface area (Å²) in [4.78, 5) is 1.03. The van der Waals surface area contributed by atoms with Gasteiger partial charge in [0.05, 0.1) is 6.10 Å². The lowest BCUT2D eigenvalue weighted by Gasteiger charge is -2.05. The number of aryl methyl sites for hydroxylation is 1. The number of thiophene rings is 1. The molecule has 0 saturated carbocycles. The molecule has 1 heterocycles. The lowest BCUT2D eigenvalue weighted by Crippen LogP contribution is -2.30. The van der Waals surface area contributed by atoms with Gasteiger partial charge in [0.1, 0.15) is 4.21 Å². The monoisotopic (exact) mass is 249 g/mol. The second-order valence-electron chi connectivity index (χ2n) is 3.28. The van der Waals surface area contributed by atoms with Crippen molar-refractivity contribution in [2.24, 2.45) is 0 Å². The van der Waals surface area contributed by atoms with Gasteiger partial charge in [-0.1, -0.05) is 6.92 Å². The third-order valence-electron chi connectivity index (χ3n) is 1.82. The molecule has 0 spiro atoms. The minimum atomic E-state index is -3.44. The van der Waals surface area contributed by atoms with E-state index in [2.05, 4.69) is 4.72 Å². The SMILES string of the molecule is CCc1ccc(S(=O)(=O)NC[C@H](C)O)s1. The second kappa shape index (κ2) is 5.07. The molecular weight excluding hydrogens is 234 g/mol. The van der Waals surface area contributed by atoms with Crippen molar-refractivity contribution in [1.82, 2.24) is 4.72 Å². The van der Waals surface area contributed by atoms with Crippen molar-refractivity contribution in [2.45, 2.75) is 30.6 Å². The second-order valence-corrected chi connectivity index (χ2v) is 6.44. The van der Waals surface area contributed by atoms with Crippen LogP contribution in [0.2, 0.25) is 0 Å². The van der Waals surface area contributed by atoms with Crippen LogP contribution in [-0.4, -0.2) is 26.2 Å². The van der Waals surface area contributed by atoms with Crippen molar-refractivity contribution in [3.05, 3.63) is 17.0 Å². The van der Waals surface area contributed by atoms with Gasteiger partial charge in [0.25, 0.3) is 0 Å². The lowest BCUT2D eigenvalue weighted by molar-refractivity contribution is 0.198. The number of aliphatic hydroxyl groups is 1. The quantitative estimate of drug-likeness (QED) is 0.817. The van der Waals surface area contributed by atoms with Crippen LogP contribution in [0.5, 0.6) is 0 Å². The van der Waals surface area contributed by atoms with Gasteiger partial charge in [0.15, 0.2) is 0 Å². The van der Waals surface area contributed by atoms with Gasteiger partial charge in [0.2, 0.25) is 10.0 Å². The standard InChI is InChI=1S/C9H15NO3S2/c1-3-8-4-5-9(14-8)15(12,13)10-6-7(2)11/h4-5,7,10-11H,3,6H2,1-2H3/t7-/m0/s1. The van der Waals surface area contributed by atoms with Gasteiger partial charge in [-0.3, -0.25) is 0 Å². The molecule has 6 heteroatoms. The Morgan fingerprint density at radius 3 is 2.67 bits per heavy atom. The Bertz CT molecular complexity index is 409. The van der Waals surface area contributed by atoms with Gasteiger partial charge in [-0.05, 0) is 25.5 Å². The topological polar surface area (TPSA) is 66.4 Å². The van der Waals surface area contributed by atoms with E-state index in [0.29, 0.717) is 4.21 Å². The Hall–Kier alpha value is -0.430. The van der Waals surface area contributed by atoms with E-state index in [4.69, 9.17) is 5.11 Å². The highest BCUT2D eigenvalue weighted by Gasteiger charge is 2.16. The largest absolute Gasteiger partial charge is 0.392 e. The smallest absolute Gasteiger partial charge is 0.250 e. The van der Waals surface area contributed by atoms with E-state index >= 15 is 0 Å². The molecule has 1 aromatic rings. The molecular formula is C9H15NO3S2. The zero-order chi connectivity index (χ0) is 11.5. The Morgan fingerprint density at radius 2 is 2.20 bits per heavy atom. The van der Waals surface area contributed by atoms with Crippen LogP contribution in [0.4, 0.5) is 0 Å². The maximum Gasteiger partial charge on any atom is 0.250 e. The molecule has 0 unspecified atom stereocenters. The van der Waals surface area contributed by atoms with E-state index in [0.717, 1.165) is 11.3 Å². The predicted molar refractivity (Wildman–Crippen MR) is 60.6 cm³/mol. The third kappa shape index (κ3) is 3.57. The molecule has 1 atom stereocenters. The summed E-state index contributed by atoms with van der Waals surface area (Å²) >= 11 is 1.26. The van der Waals surface area contributed by atoms with Gasteiger partial charge in [0, 0.05) is 11.4 Å². The first-order chi connectivity index (χ1) is 6.95. The van der Waals surface area contributed by atoms with E-state index in [9.17, 15) is 8.42 Å². The first-order valence-electron chi connectivity index (χ1n) is 4.72. The van der Waals surface area contributed by atoms with E-state index in [1.807, 2.05) is 13.0 Å². The molecule has 86 valence electrons. The maximum absolute atomic E-state index is 11.7. The van der Waals surface area contributed by atoms with E-state index in [1.54, 1.807) is 6.07 Å². The molecule has 1 aromatic heterocycles. The maximum atomic E-state index is 11.7. The average molecular weight is 249 g/mol. The van der Waals surface area contributed by atoms with Crippen LogP contribution in [0.25, 0.3) is 0 Å². The Labute approximate surface area is 94.0 Å². The molecule has 15 heavy (non-hydrogen) atoms. The van der Waals surface area contributed by atoms with Gasteiger partial charge in [-0.15, -0.1) is 11.3 Å². The number of rotatable bonds is 5. The first-order valence-corrected chi connectivity index (χ1v) is 7.02. The Balaban J connectivity index is 2.77. The van der Waals surface area contributed by atoms with Crippen LogP contribution in [0.1, 0.15) is 18.7 Å². The Kier molecular flexibility index (Phi) is 4.27. The Morgan fingerprint density at radius 1 is 1.53 bits per heavy atom. The van der Waals surface area contributed by atoms with Gasteiger partial charge in [-0.2, -0.15) is 0 Å². The van der Waals surface area contributed by atoms with Gasteiger partial charge in [-0.25, -0.2) is 13.1 Å². The minimum Gasteiger partial charge on any atom is -0.392 e. The molecule has 2 N–H and O–H groups in total. The molecule has 0 bridgehead atoms. The fourth-order valence-electron chi connectivity index (χ4n) is 0.994. The molecule has 0 radical (unpaired) electrons. The van der Waals surface area contributed by atoms with Crippen LogP contribution in [-0.2, 0) is 16.4 Å². The number of sulfonamides is 1. The fraction of sp³-hybridized carbons (Fsp3) is 0.556. The lowest BCUT2D eigenvalue weighted by atomic mass is 10.4. The van der Waals surface area contributed by atoms with E-state index in [-0.39, 0.29) is 6.54 Å². The van der Waals surface area contributed by atoms with Crippen LogP contribution < -0.4 is 4.72 Å². The summed E-state index contributed by atoms with van der Waals surface area (Å²) in [5.74, 6) is 0. The average Bonchev–Trinajstić information content (AvgIpc) is 2.63. The summed E-state index contributed by atoms with van der Waals surface area (Å²) in [5.41, 5.74) is 0. The zero-order valence-electron chi connectivity index (χ0n) is 8.73. The first kappa shape index (κ1) is 12.6. The molecule has 0 fully saturated rings. The van der Waals surface area contributed by atoms with Crippen molar-refractivity contribution in [1.29, 1.82) is 0 Å². The summed E-state index contributed by atoms with van der Waals surface area (Å²) in [6.45, 7) is 3.56. The summed E-state index contributed by atoms with van der Waals surface area (Å²) in [6, 6.07) is 3.40. The predicted octanol–water partition coefficient (Wildman–Crippen LogP) is 0.970. The highest BCUT2D eigenvalue weighted by molar-refractivity contribution is 7.91. The molecule has 0 aromatic carbocycles. The molecule has 0 aliphatic heterocycles. The van der Waals surface area contributed by atoms with Crippen molar-refractivity contribution < 1.29 is 13.5 Å². The van der Waals surface area contributed by atoms with Crippen molar-refractivity contribution in [2.75, 3.05) is 6.54 Å². The van der Waals surface area contributed by atoms with E-state index < -0.39 is 16.1 Å². The summed E-state index contributed by atoms with van der Waals surface area (Å²) in [5, 5.41) is 8.99. The molecule has 0 aliphatic rings. The van der Waals surface area contributed by atoms with Crippen LogP contribution in [0, 0.1) is 0 Å². The van der Waals surface area contributed by atoms with Crippen molar-refractivity contribution >= 4 is 21.4 Å². The number of hydrogen-bond donors (Lipinski definition) is 2. The van der Waals surface area contributed by atoms with Crippen LogP contribution >= 0.6 is 11.3 Å². The highest BCUT2D eigenvalue weighted by atomic mass is 32.2. The summed E-state index contributed by atoms with van der Waals surface area (Å²) < 4.78 is 26.0. The van der Waals surface area contributed by atoms with E-state index in [1.165, 1.54) is 18.3 Å². The minimum absolute atomic E-state index is 0.0433. The number of nitrogens with one attached hydrogen (secondary N) is 1. The molecule has 4 nitrogen and oxygen atoms in total. The highest BCUT2D eigenvalue weighted by Crippen LogP contribution is 2.21. The summed E-state index contributed by atoms with van der Waals surface area (Å²) in [7, 11) is -3.44. The normalized spacial score (nSPS) is 14.1. The van der Waals surface area contributed by atoms with Crippen LogP contribution in [0.15, 0.2) is 16.3 Å². The molecule has 1 rings (SSSR count). The fourth-order valence-corrected chi connectivity index (χ4v) is 3.46. The van der Waals surface area contributed by atoms with Crippen LogP contribution in [0.3, 0.4) is 0 Å². The van der Waals surface area contributed by atoms with Gasteiger partial charge >= 0.3 is 0 Å².